The van der Waals surface area contributed by atoms with Crippen molar-refractivity contribution in [1.82, 2.24) is 15.0 Å². The molecule has 0 bridgehead atoms. The standard InChI is InChI=1S/C14H19N3OS/c1-2-3-4-5-10-13(19)14(18)17-12-9-7-6-8-11(12)15-16-17/h6-9,13,19H,2-5,10H2,1H3. The molecule has 1 heterocycles. The molecule has 5 heteroatoms. The van der Waals surface area contributed by atoms with E-state index in [0.717, 1.165) is 30.3 Å². The van der Waals surface area contributed by atoms with Crippen LogP contribution in [0.5, 0.6) is 0 Å². The van der Waals surface area contributed by atoms with Crippen LogP contribution in [0, 0.1) is 0 Å². The Morgan fingerprint density at radius 1 is 1.32 bits per heavy atom. The number of thiol groups is 1. The molecular weight excluding hydrogens is 258 g/mol. The smallest absolute Gasteiger partial charge is 0.261 e. The Labute approximate surface area is 118 Å². The number of carbonyl (C=O) groups excluding carboxylic acids is 1. The van der Waals surface area contributed by atoms with Crippen molar-refractivity contribution in [3.8, 4) is 0 Å². The Kier molecular flexibility index (Phi) is 4.96. The summed E-state index contributed by atoms with van der Waals surface area (Å²) in [6, 6.07) is 7.46. The van der Waals surface area contributed by atoms with Crippen molar-refractivity contribution in [3.63, 3.8) is 0 Å². The van der Waals surface area contributed by atoms with E-state index in [2.05, 4.69) is 29.9 Å². The van der Waals surface area contributed by atoms with Crippen LogP contribution in [0.1, 0.15) is 43.8 Å². The predicted octanol–water partition coefficient (Wildman–Crippen LogP) is 3.34. The minimum atomic E-state index is -0.304. The van der Waals surface area contributed by atoms with E-state index in [-0.39, 0.29) is 11.2 Å². The molecule has 0 fully saturated rings. The molecule has 0 spiro atoms. The van der Waals surface area contributed by atoms with Crippen molar-refractivity contribution in [3.05, 3.63) is 24.3 Å². The van der Waals surface area contributed by atoms with E-state index in [1.807, 2.05) is 24.3 Å². The summed E-state index contributed by atoms with van der Waals surface area (Å²) in [7, 11) is 0. The summed E-state index contributed by atoms with van der Waals surface area (Å²) in [5, 5.41) is 7.62. The number of carbonyl (C=O) groups is 1. The Bertz CT molecular complexity index is 552. The van der Waals surface area contributed by atoms with Crippen LogP contribution in [0.25, 0.3) is 11.0 Å². The maximum atomic E-state index is 12.3. The van der Waals surface area contributed by atoms with Crippen molar-refractivity contribution in [2.45, 2.75) is 44.3 Å². The van der Waals surface area contributed by atoms with E-state index < -0.39 is 0 Å². The molecule has 0 saturated carbocycles. The van der Waals surface area contributed by atoms with Gasteiger partial charge in [-0.25, -0.2) is 0 Å². The number of aromatic nitrogens is 3. The van der Waals surface area contributed by atoms with Gasteiger partial charge in [0.15, 0.2) is 0 Å². The molecule has 4 nitrogen and oxygen atoms in total. The molecule has 0 aliphatic carbocycles. The van der Waals surface area contributed by atoms with Gasteiger partial charge in [0.05, 0.1) is 10.8 Å². The van der Waals surface area contributed by atoms with E-state index in [4.69, 9.17) is 0 Å². The fourth-order valence-electron chi connectivity index (χ4n) is 2.06. The second-order valence-corrected chi connectivity index (χ2v) is 5.32. The number of fused-ring (bicyclic) bond motifs is 1. The van der Waals surface area contributed by atoms with Crippen LogP contribution in [0.15, 0.2) is 24.3 Å². The molecule has 0 radical (unpaired) electrons. The lowest BCUT2D eigenvalue weighted by Crippen LogP contribution is -2.23. The van der Waals surface area contributed by atoms with Crippen LogP contribution >= 0.6 is 12.6 Å². The number of benzene rings is 1. The SMILES string of the molecule is CCCCCCC(S)C(=O)n1nnc2ccccc21. The summed E-state index contributed by atoms with van der Waals surface area (Å²) in [5.41, 5.74) is 1.49. The molecule has 1 aromatic carbocycles. The summed E-state index contributed by atoms with van der Waals surface area (Å²) in [6.45, 7) is 2.17. The fraction of sp³-hybridized carbons (Fsp3) is 0.500. The number of nitrogens with zero attached hydrogens (tertiary/aromatic N) is 3. The maximum Gasteiger partial charge on any atom is 0.261 e. The van der Waals surface area contributed by atoms with Crippen molar-refractivity contribution in [2.24, 2.45) is 0 Å². The number of unbranched alkanes of at least 4 members (excludes halogenated alkanes) is 3. The highest BCUT2D eigenvalue weighted by Gasteiger charge is 2.19. The van der Waals surface area contributed by atoms with Gasteiger partial charge in [0.25, 0.3) is 5.91 Å². The van der Waals surface area contributed by atoms with Crippen LogP contribution < -0.4 is 0 Å². The van der Waals surface area contributed by atoms with E-state index in [9.17, 15) is 4.79 Å². The molecule has 0 aliphatic heterocycles. The molecular formula is C14H19N3OS. The van der Waals surface area contributed by atoms with Crippen LogP contribution in [0.2, 0.25) is 0 Å². The average Bonchev–Trinajstić information content (AvgIpc) is 2.86. The highest BCUT2D eigenvalue weighted by molar-refractivity contribution is 7.81. The molecule has 1 unspecified atom stereocenters. The van der Waals surface area contributed by atoms with E-state index in [1.165, 1.54) is 17.5 Å². The Hall–Kier alpha value is -1.36. The number of rotatable bonds is 6. The number of hydrogen-bond acceptors (Lipinski definition) is 4. The molecule has 2 aromatic rings. The summed E-state index contributed by atoms with van der Waals surface area (Å²) in [4.78, 5) is 12.3. The molecule has 19 heavy (non-hydrogen) atoms. The van der Waals surface area contributed by atoms with Crippen molar-refractivity contribution in [2.75, 3.05) is 0 Å². The van der Waals surface area contributed by atoms with Gasteiger partial charge in [-0.05, 0) is 18.6 Å². The summed E-state index contributed by atoms with van der Waals surface area (Å²) in [6.07, 6.45) is 5.37. The summed E-state index contributed by atoms with van der Waals surface area (Å²) in [5.74, 6) is -0.0893. The van der Waals surface area contributed by atoms with Gasteiger partial charge >= 0.3 is 0 Å². The molecule has 1 atom stereocenters. The van der Waals surface area contributed by atoms with Crippen molar-refractivity contribution in [1.29, 1.82) is 0 Å². The van der Waals surface area contributed by atoms with Crippen LogP contribution in [0.4, 0.5) is 0 Å². The van der Waals surface area contributed by atoms with Crippen LogP contribution in [-0.4, -0.2) is 26.2 Å². The van der Waals surface area contributed by atoms with E-state index >= 15 is 0 Å². The maximum absolute atomic E-state index is 12.3. The summed E-state index contributed by atoms with van der Waals surface area (Å²) >= 11 is 4.40. The quantitative estimate of drug-likeness (QED) is 0.650. The van der Waals surface area contributed by atoms with Gasteiger partial charge in [0, 0.05) is 0 Å². The largest absolute Gasteiger partial charge is 0.271 e. The monoisotopic (exact) mass is 277 g/mol. The number of para-hydroxylation sites is 1. The topological polar surface area (TPSA) is 47.8 Å². The first-order valence-electron chi connectivity index (χ1n) is 6.76. The zero-order valence-electron chi connectivity index (χ0n) is 11.1. The average molecular weight is 277 g/mol. The molecule has 102 valence electrons. The molecule has 0 N–H and O–H groups in total. The first-order chi connectivity index (χ1) is 9.24. The summed E-state index contributed by atoms with van der Waals surface area (Å²) < 4.78 is 1.37. The molecule has 1 aromatic heterocycles. The van der Waals surface area contributed by atoms with Crippen molar-refractivity contribution >= 4 is 29.6 Å². The van der Waals surface area contributed by atoms with Gasteiger partial charge in [0.2, 0.25) is 0 Å². The van der Waals surface area contributed by atoms with Gasteiger partial charge in [0.1, 0.15) is 5.52 Å². The Balaban J connectivity index is 2.02. The highest BCUT2D eigenvalue weighted by Crippen LogP contribution is 2.15. The third-order valence-corrected chi connectivity index (χ3v) is 3.66. The third-order valence-electron chi connectivity index (χ3n) is 3.18. The molecule has 0 amide bonds. The molecule has 0 aliphatic rings. The van der Waals surface area contributed by atoms with Gasteiger partial charge in [-0.15, -0.1) is 5.10 Å². The van der Waals surface area contributed by atoms with Crippen LogP contribution in [0.3, 0.4) is 0 Å². The van der Waals surface area contributed by atoms with Gasteiger partial charge in [-0.2, -0.15) is 17.3 Å². The first-order valence-corrected chi connectivity index (χ1v) is 7.28. The number of hydrogen-bond donors (Lipinski definition) is 1. The fourth-order valence-corrected chi connectivity index (χ4v) is 2.35. The zero-order chi connectivity index (χ0) is 13.7. The highest BCUT2D eigenvalue weighted by atomic mass is 32.1. The normalized spacial score (nSPS) is 12.7. The van der Waals surface area contributed by atoms with Crippen LogP contribution in [-0.2, 0) is 0 Å². The van der Waals surface area contributed by atoms with Gasteiger partial charge in [-0.3, -0.25) is 4.79 Å². The van der Waals surface area contributed by atoms with E-state index in [0.29, 0.717) is 0 Å². The lowest BCUT2D eigenvalue weighted by molar-refractivity contribution is 0.0894. The second-order valence-electron chi connectivity index (χ2n) is 4.69. The van der Waals surface area contributed by atoms with Gasteiger partial charge in [-0.1, -0.05) is 50.0 Å². The third kappa shape index (κ3) is 3.35. The molecule has 2 rings (SSSR count). The minimum Gasteiger partial charge on any atom is -0.271 e. The predicted molar refractivity (Wildman–Crippen MR) is 79.7 cm³/mol. The van der Waals surface area contributed by atoms with E-state index in [1.54, 1.807) is 0 Å². The lowest BCUT2D eigenvalue weighted by atomic mass is 10.1. The first kappa shape index (κ1) is 14.1. The zero-order valence-corrected chi connectivity index (χ0v) is 12.0. The Morgan fingerprint density at radius 3 is 2.89 bits per heavy atom. The minimum absolute atomic E-state index is 0.0893. The second kappa shape index (κ2) is 6.70. The molecule has 0 saturated heterocycles. The van der Waals surface area contributed by atoms with Crippen molar-refractivity contribution < 1.29 is 4.79 Å². The Morgan fingerprint density at radius 2 is 2.11 bits per heavy atom. The van der Waals surface area contributed by atoms with Gasteiger partial charge < -0.3 is 0 Å². The lowest BCUT2D eigenvalue weighted by Gasteiger charge is -2.09.